The van der Waals surface area contributed by atoms with E-state index in [1.807, 2.05) is 0 Å². The molecule has 0 aliphatic carbocycles. The van der Waals surface area contributed by atoms with Crippen molar-refractivity contribution in [2.75, 3.05) is 26.2 Å². The zero-order valence-electron chi connectivity index (χ0n) is 6.99. The maximum atomic E-state index is 10.6. The summed E-state index contributed by atoms with van der Waals surface area (Å²) in [5, 5.41) is 3.06. The van der Waals surface area contributed by atoms with Gasteiger partial charge in [-0.1, -0.05) is 6.92 Å². The molecule has 72 valence electrons. The van der Waals surface area contributed by atoms with Crippen LogP contribution in [0, 0.1) is 0 Å². The fourth-order valence-corrected chi connectivity index (χ4v) is 1.68. The SMILES string of the molecule is CCN(C1CNCCO1)S(=O)[O-]. The predicted octanol–water partition coefficient (Wildman–Crippen LogP) is -0.952. The van der Waals surface area contributed by atoms with Crippen molar-refractivity contribution in [3.05, 3.63) is 0 Å². The van der Waals surface area contributed by atoms with E-state index in [9.17, 15) is 8.76 Å². The van der Waals surface area contributed by atoms with E-state index in [1.54, 1.807) is 6.92 Å². The molecule has 0 aromatic heterocycles. The second kappa shape index (κ2) is 4.88. The van der Waals surface area contributed by atoms with E-state index >= 15 is 0 Å². The lowest BCUT2D eigenvalue weighted by molar-refractivity contribution is -0.0371. The summed E-state index contributed by atoms with van der Waals surface area (Å²) < 4.78 is 27.8. The lowest BCUT2D eigenvalue weighted by atomic mass is 10.4. The summed E-state index contributed by atoms with van der Waals surface area (Å²) in [5.41, 5.74) is 0. The van der Waals surface area contributed by atoms with E-state index in [2.05, 4.69) is 5.32 Å². The van der Waals surface area contributed by atoms with Crippen LogP contribution in [0.2, 0.25) is 0 Å². The number of nitrogens with zero attached hydrogens (tertiary/aromatic N) is 1. The minimum Gasteiger partial charge on any atom is -0.760 e. The van der Waals surface area contributed by atoms with Crippen LogP contribution in [0.5, 0.6) is 0 Å². The number of hydrogen-bond acceptors (Lipinski definition) is 4. The van der Waals surface area contributed by atoms with Gasteiger partial charge in [0.25, 0.3) is 0 Å². The molecule has 2 atom stereocenters. The first-order chi connectivity index (χ1) is 5.75. The predicted molar refractivity (Wildman–Crippen MR) is 43.9 cm³/mol. The van der Waals surface area contributed by atoms with E-state index in [4.69, 9.17) is 4.74 Å². The number of morpholine rings is 1. The largest absolute Gasteiger partial charge is 0.760 e. The molecule has 0 bridgehead atoms. The van der Waals surface area contributed by atoms with Gasteiger partial charge in [0.05, 0.1) is 6.61 Å². The van der Waals surface area contributed by atoms with Crippen LogP contribution in [0.25, 0.3) is 0 Å². The summed E-state index contributed by atoms with van der Waals surface area (Å²) in [4.78, 5) is 0. The second-order valence-electron chi connectivity index (χ2n) is 2.48. The normalized spacial score (nSPS) is 27.4. The standard InChI is InChI=1S/C6H14N2O3S/c1-2-8(12(9)10)6-5-7-3-4-11-6/h6-7H,2-5H2,1H3,(H,9,10)/p-1. The molecule has 0 aromatic carbocycles. The summed E-state index contributed by atoms with van der Waals surface area (Å²) in [7, 11) is 0. The third-order valence-electron chi connectivity index (χ3n) is 1.73. The van der Waals surface area contributed by atoms with Crippen LogP contribution in [0.4, 0.5) is 0 Å². The molecular formula is C6H13N2O3S-. The summed E-state index contributed by atoms with van der Waals surface area (Å²) in [6.07, 6.45) is -0.331. The number of rotatable bonds is 3. The van der Waals surface area contributed by atoms with E-state index < -0.39 is 11.3 Å². The van der Waals surface area contributed by atoms with E-state index in [-0.39, 0.29) is 6.23 Å². The van der Waals surface area contributed by atoms with Crippen molar-refractivity contribution < 1.29 is 13.5 Å². The average Bonchev–Trinajstić information content (AvgIpc) is 2.07. The molecule has 0 radical (unpaired) electrons. The van der Waals surface area contributed by atoms with Gasteiger partial charge in [-0.25, -0.2) is 4.31 Å². The molecule has 12 heavy (non-hydrogen) atoms. The highest BCUT2D eigenvalue weighted by molar-refractivity contribution is 7.76. The zero-order valence-corrected chi connectivity index (χ0v) is 7.80. The molecule has 5 nitrogen and oxygen atoms in total. The average molecular weight is 193 g/mol. The molecule has 1 heterocycles. The molecule has 1 rings (SSSR count). The highest BCUT2D eigenvalue weighted by atomic mass is 32.2. The molecule has 2 unspecified atom stereocenters. The number of nitrogens with one attached hydrogen (secondary N) is 1. The van der Waals surface area contributed by atoms with Crippen LogP contribution < -0.4 is 5.32 Å². The van der Waals surface area contributed by atoms with Crippen molar-refractivity contribution >= 4 is 11.3 Å². The second-order valence-corrected chi connectivity index (χ2v) is 3.38. The Hall–Kier alpha value is -0.0100. The molecule has 0 saturated carbocycles. The van der Waals surface area contributed by atoms with Crippen molar-refractivity contribution in [1.29, 1.82) is 0 Å². The van der Waals surface area contributed by atoms with Crippen LogP contribution in [0.15, 0.2) is 0 Å². The van der Waals surface area contributed by atoms with Crippen molar-refractivity contribution in [2.45, 2.75) is 13.2 Å². The maximum absolute atomic E-state index is 10.6. The zero-order chi connectivity index (χ0) is 8.97. The molecule has 1 N–H and O–H groups in total. The van der Waals surface area contributed by atoms with Crippen molar-refractivity contribution in [2.24, 2.45) is 0 Å². The Balaban J connectivity index is 2.46. The Morgan fingerprint density at radius 3 is 3.00 bits per heavy atom. The van der Waals surface area contributed by atoms with Gasteiger partial charge >= 0.3 is 0 Å². The summed E-state index contributed by atoms with van der Waals surface area (Å²) in [5.74, 6) is 0. The Labute approximate surface area is 74.5 Å². The summed E-state index contributed by atoms with van der Waals surface area (Å²) in [6, 6.07) is 0. The summed E-state index contributed by atoms with van der Waals surface area (Å²) >= 11 is -2.18. The topological polar surface area (TPSA) is 64.6 Å². The van der Waals surface area contributed by atoms with Gasteiger partial charge in [0, 0.05) is 30.9 Å². The van der Waals surface area contributed by atoms with Crippen molar-refractivity contribution in [1.82, 2.24) is 9.62 Å². The third kappa shape index (κ3) is 2.49. The van der Waals surface area contributed by atoms with Gasteiger partial charge in [-0.15, -0.1) is 0 Å². The first kappa shape index (κ1) is 10.1. The third-order valence-corrected chi connectivity index (χ3v) is 2.61. The Bertz CT molecular complexity index is 161. The highest BCUT2D eigenvalue weighted by Gasteiger charge is 2.20. The molecular weight excluding hydrogens is 180 g/mol. The molecule has 1 fully saturated rings. The summed E-state index contributed by atoms with van der Waals surface area (Å²) in [6.45, 7) is 4.16. The smallest absolute Gasteiger partial charge is 0.133 e. The fraction of sp³-hybridized carbons (Fsp3) is 1.00. The Kier molecular flexibility index (Phi) is 4.10. The maximum Gasteiger partial charge on any atom is 0.133 e. The van der Waals surface area contributed by atoms with Gasteiger partial charge in [-0.3, -0.25) is 4.21 Å². The molecule has 1 aliphatic rings. The molecule has 0 spiro atoms. The van der Waals surface area contributed by atoms with E-state index in [1.165, 1.54) is 4.31 Å². The van der Waals surface area contributed by atoms with Crippen molar-refractivity contribution in [3.8, 4) is 0 Å². The van der Waals surface area contributed by atoms with Crippen LogP contribution in [-0.2, 0) is 16.0 Å². The monoisotopic (exact) mass is 193 g/mol. The Morgan fingerprint density at radius 1 is 1.83 bits per heavy atom. The number of ether oxygens (including phenoxy) is 1. The van der Waals surface area contributed by atoms with E-state index in [0.29, 0.717) is 19.7 Å². The highest BCUT2D eigenvalue weighted by Crippen LogP contribution is 2.05. The first-order valence-electron chi connectivity index (χ1n) is 3.94. The lowest BCUT2D eigenvalue weighted by Crippen LogP contribution is -2.49. The van der Waals surface area contributed by atoms with Crippen LogP contribution in [-0.4, -0.2) is 45.5 Å². The van der Waals surface area contributed by atoms with Gasteiger partial charge in [0.1, 0.15) is 6.23 Å². The first-order valence-corrected chi connectivity index (χ1v) is 4.97. The van der Waals surface area contributed by atoms with Gasteiger partial charge in [0.15, 0.2) is 0 Å². The van der Waals surface area contributed by atoms with E-state index in [0.717, 1.165) is 6.54 Å². The van der Waals surface area contributed by atoms with Crippen LogP contribution >= 0.6 is 0 Å². The fourth-order valence-electron chi connectivity index (χ4n) is 1.14. The molecule has 1 aliphatic heterocycles. The molecule has 6 heteroatoms. The molecule has 1 saturated heterocycles. The van der Waals surface area contributed by atoms with Gasteiger partial charge < -0.3 is 14.6 Å². The number of hydrogen-bond donors (Lipinski definition) is 1. The van der Waals surface area contributed by atoms with Gasteiger partial charge in [0.2, 0.25) is 0 Å². The quantitative estimate of drug-likeness (QED) is 0.587. The van der Waals surface area contributed by atoms with Crippen LogP contribution in [0.1, 0.15) is 6.92 Å². The van der Waals surface area contributed by atoms with Crippen LogP contribution in [0.3, 0.4) is 0 Å². The van der Waals surface area contributed by atoms with Crippen molar-refractivity contribution in [3.63, 3.8) is 0 Å². The lowest BCUT2D eigenvalue weighted by Gasteiger charge is -2.34. The molecule has 0 amide bonds. The minimum absolute atomic E-state index is 0.331. The minimum atomic E-state index is -2.18. The number of likely N-dealkylation sites (N-methyl/N-ethyl adjacent to an activating group) is 1. The van der Waals surface area contributed by atoms with Gasteiger partial charge in [-0.2, -0.15) is 0 Å². The Morgan fingerprint density at radius 2 is 2.58 bits per heavy atom. The molecule has 0 aromatic rings. The van der Waals surface area contributed by atoms with Gasteiger partial charge in [-0.05, 0) is 0 Å².